The monoisotopic (exact) mass is 163 g/mol. The fourth-order valence-electron chi connectivity index (χ4n) is 1.21. The number of nitrogens with zero attached hydrogens (tertiary/aromatic N) is 2. The van der Waals surface area contributed by atoms with Gasteiger partial charge in [0.1, 0.15) is 0 Å². The van der Waals surface area contributed by atoms with Crippen LogP contribution in [0.3, 0.4) is 0 Å². The summed E-state index contributed by atoms with van der Waals surface area (Å²) in [5, 5.41) is 8.40. The second kappa shape index (κ2) is 4.58. The first kappa shape index (κ1) is 8.82. The molecule has 0 saturated heterocycles. The quantitative estimate of drug-likeness (QED) is 0.717. The first-order valence-electron chi connectivity index (χ1n) is 4.09. The highest BCUT2D eigenvalue weighted by atomic mass is 15.0. The van der Waals surface area contributed by atoms with Gasteiger partial charge in [-0.15, -0.1) is 0 Å². The second-order valence-corrected chi connectivity index (χ2v) is 2.64. The van der Waals surface area contributed by atoms with Gasteiger partial charge in [0.25, 0.3) is 0 Å². The Morgan fingerprint density at radius 3 is 3.08 bits per heavy atom. The molecular formula is C9H13N3. The van der Waals surface area contributed by atoms with E-state index in [1.165, 1.54) is 5.69 Å². The third kappa shape index (κ3) is 2.11. The first-order valence-corrected chi connectivity index (χ1v) is 4.09. The summed E-state index contributed by atoms with van der Waals surface area (Å²) < 4.78 is 2.08. The van der Waals surface area contributed by atoms with Gasteiger partial charge in [-0.2, -0.15) is 5.26 Å². The molecule has 1 heterocycles. The van der Waals surface area contributed by atoms with Crippen LogP contribution in [0.2, 0.25) is 0 Å². The van der Waals surface area contributed by atoms with Crippen LogP contribution in [0.5, 0.6) is 0 Å². The van der Waals surface area contributed by atoms with Gasteiger partial charge in [-0.1, -0.05) is 0 Å². The minimum atomic E-state index is 0.562. The van der Waals surface area contributed by atoms with Crippen molar-refractivity contribution in [1.29, 1.82) is 5.26 Å². The Hall–Kier alpha value is -1.27. The maximum atomic E-state index is 8.40. The van der Waals surface area contributed by atoms with Crippen LogP contribution in [0, 0.1) is 11.3 Å². The van der Waals surface area contributed by atoms with Gasteiger partial charge in [0, 0.05) is 18.4 Å². The van der Waals surface area contributed by atoms with Gasteiger partial charge < -0.3 is 10.3 Å². The lowest BCUT2D eigenvalue weighted by Gasteiger charge is -2.04. The average molecular weight is 163 g/mol. The molecule has 3 heteroatoms. The van der Waals surface area contributed by atoms with E-state index in [1.54, 1.807) is 0 Å². The van der Waals surface area contributed by atoms with Gasteiger partial charge >= 0.3 is 0 Å². The van der Waals surface area contributed by atoms with Crippen LogP contribution >= 0.6 is 0 Å². The van der Waals surface area contributed by atoms with Crippen molar-refractivity contribution in [2.24, 2.45) is 5.73 Å². The SMILES string of the molecule is N#CCCn1cccc1CCN. The number of aromatic nitrogens is 1. The summed E-state index contributed by atoms with van der Waals surface area (Å²) in [4.78, 5) is 0. The molecule has 0 amide bonds. The largest absolute Gasteiger partial charge is 0.350 e. The number of nitriles is 1. The Kier molecular flexibility index (Phi) is 3.36. The Morgan fingerprint density at radius 2 is 2.42 bits per heavy atom. The minimum absolute atomic E-state index is 0.562. The first-order chi connectivity index (χ1) is 5.88. The topological polar surface area (TPSA) is 54.7 Å². The van der Waals surface area contributed by atoms with E-state index in [1.807, 2.05) is 18.3 Å². The maximum Gasteiger partial charge on any atom is 0.0640 e. The predicted molar refractivity (Wildman–Crippen MR) is 47.4 cm³/mol. The van der Waals surface area contributed by atoms with Crippen LogP contribution in [-0.2, 0) is 13.0 Å². The lowest BCUT2D eigenvalue weighted by Crippen LogP contribution is -2.08. The molecule has 0 radical (unpaired) electrons. The molecular weight excluding hydrogens is 150 g/mol. The van der Waals surface area contributed by atoms with Crippen LogP contribution in [0.4, 0.5) is 0 Å². The number of aryl methyl sites for hydroxylation is 1. The normalized spacial score (nSPS) is 9.67. The number of nitrogens with two attached hydrogens (primary N) is 1. The van der Waals surface area contributed by atoms with Crippen LogP contribution < -0.4 is 5.73 Å². The molecule has 12 heavy (non-hydrogen) atoms. The zero-order valence-corrected chi connectivity index (χ0v) is 7.03. The molecule has 0 aliphatic carbocycles. The Labute approximate surface area is 72.4 Å². The summed E-state index contributed by atoms with van der Waals surface area (Å²) in [7, 11) is 0. The van der Waals surface area contributed by atoms with Gasteiger partial charge in [-0.25, -0.2) is 0 Å². The molecule has 0 aliphatic rings. The van der Waals surface area contributed by atoms with Gasteiger partial charge in [0.05, 0.1) is 12.5 Å². The van der Waals surface area contributed by atoms with Crippen molar-refractivity contribution in [3.8, 4) is 6.07 Å². The summed E-state index contributed by atoms with van der Waals surface area (Å²) in [5.41, 5.74) is 6.65. The van der Waals surface area contributed by atoms with E-state index >= 15 is 0 Å². The van der Waals surface area contributed by atoms with E-state index in [2.05, 4.69) is 10.6 Å². The summed E-state index contributed by atoms with van der Waals surface area (Å²) in [6, 6.07) is 6.16. The molecule has 0 bridgehead atoms. The van der Waals surface area contributed by atoms with Crippen molar-refractivity contribution in [2.75, 3.05) is 6.54 Å². The molecule has 0 unspecified atom stereocenters. The molecule has 1 aromatic rings. The Balaban J connectivity index is 2.58. The van der Waals surface area contributed by atoms with E-state index in [0.29, 0.717) is 13.0 Å². The predicted octanol–water partition coefficient (Wildman–Crippen LogP) is 0.903. The standard InChI is InChI=1S/C9H13N3/c10-5-2-8-12-7-1-3-9(12)4-6-11/h1,3,7H,2,4,6,8,11H2. The molecule has 0 spiro atoms. The maximum absolute atomic E-state index is 8.40. The van der Waals surface area contributed by atoms with Crippen molar-refractivity contribution in [1.82, 2.24) is 4.57 Å². The fraction of sp³-hybridized carbons (Fsp3) is 0.444. The zero-order valence-electron chi connectivity index (χ0n) is 7.03. The Bertz CT molecular complexity index is 270. The molecule has 0 saturated carbocycles. The van der Waals surface area contributed by atoms with Crippen molar-refractivity contribution in [2.45, 2.75) is 19.4 Å². The van der Waals surface area contributed by atoms with Crippen LogP contribution in [0.25, 0.3) is 0 Å². The number of hydrogen-bond donors (Lipinski definition) is 1. The third-order valence-corrected chi connectivity index (χ3v) is 1.79. The molecule has 2 N–H and O–H groups in total. The van der Waals surface area contributed by atoms with E-state index in [4.69, 9.17) is 11.0 Å². The molecule has 64 valence electrons. The highest BCUT2D eigenvalue weighted by molar-refractivity contribution is 5.07. The highest BCUT2D eigenvalue weighted by Gasteiger charge is 1.97. The fourth-order valence-corrected chi connectivity index (χ4v) is 1.21. The molecule has 1 aromatic heterocycles. The Morgan fingerprint density at radius 1 is 1.58 bits per heavy atom. The smallest absolute Gasteiger partial charge is 0.0640 e. The van der Waals surface area contributed by atoms with Crippen LogP contribution in [0.15, 0.2) is 18.3 Å². The second-order valence-electron chi connectivity index (χ2n) is 2.64. The van der Waals surface area contributed by atoms with Crippen LogP contribution in [0.1, 0.15) is 12.1 Å². The summed E-state index contributed by atoms with van der Waals surface area (Å²) in [5.74, 6) is 0. The molecule has 3 nitrogen and oxygen atoms in total. The van der Waals surface area contributed by atoms with Crippen LogP contribution in [-0.4, -0.2) is 11.1 Å². The lowest BCUT2D eigenvalue weighted by molar-refractivity contribution is 0.675. The number of rotatable bonds is 4. The van der Waals surface area contributed by atoms with Gasteiger partial charge in [0.2, 0.25) is 0 Å². The van der Waals surface area contributed by atoms with E-state index in [0.717, 1.165) is 13.0 Å². The average Bonchev–Trinajstić information content (AvgIpc) is 2.50. The van der Waals surface area contributed by atoms with Crippen molar-refractivity contribution in [3.05, 3.63) is 24.0 Å². The summed E-state index contributed by atoms with van der Waals surface area (Å²) >= 11 is 0. The molecule has 0 fully saturated rings. The molecule has 0 atom stereocenters. The van der Waals surface area contributed by atoms with E-state index in [9.17, 15) is 0 Å². The van der Waals surface area contributed by atoms with Gasteiger partial charge in [-0.05, 0) is 25.1 Å². The van der Waals surface area contributed by atoms with Gasteiger partial charge in [-0.3, -0.25) is 0 Å². The molecule has 1 rings (SSSR count). The van der Waals surface area contributed by atoms with Crippen molar-refractivity contribution >= 4 is 0 Å². The summed E-state index contributed by atoms with van der Waals surface area (Å²) in [6.07, 6.45) is 3.44. The zero-order chi connectivity index (χ0) is 8.81. The number of hydrogen-bond acceptors (Lipinski definition) is 2. The third-order valence-electron chi connectivity index (χ3n) is 1.79. The lowest BCUT2D eigenvalue weighted by atomic mass is 10.3. The molecule has 0 aromatic carbocycles. The van der Waals surface area contributed by atoms with E-state index in [-0.39, 0.29) is 0 Å². The summed E-state index contributed by atoms with van der Waals surface area (Å²) in [6.45, 7) is 1.44. The molecule has 0 aliphatic heterocycles. The van der Waals surface area contributed by atoms with Gasteiger partial charge in [0.15, 0.2) is 0 Å². The van der Waals surface area contributed by atoms with Crippen molar-refractivity contribution < 1.29 is 0 Å². The highest BCUT2D eigenvalue weighted by Crippen LogP contribution is 2.03. The van der Waals surface area contributed by atoms with Crippen molar-refractivity contribution in [3.63, 3.8) is 0 Å². The minimum Gasteiger partial charge on any atom is -0.350 e. The van der Waals surface area contributed by atoms with E-state index < -0.39 is 0 Å².